The standard InChI is InChI=1S/C25H38N8O6/c26-16(10-11-20(27)34)21(35)32-18(14-15-6-2-1-3-7-15)22(36)31-17(8-4-12-30-25(28)29)23(37)33-13-5-9-19(33)24(38)39/h1-3,6-7,16-19H,4-5,8-14,26H2,(H2,27,34)(H,31,36)(H,32,35)(H,38,39)(H4,28,29,30). The summed E-state index contributed by atoms with van der Waals surface area (Å²) in [7, 11) is 0. The van der Waals surface area contributed by atoms with Crippen LogP contribution in [0.2, 0.25) is 0 Å². The summed E-state index contributed by atoms with van der Waals surface area (Å²) in [5.74, 6) is -3.70. The van der Waals surface area contributed by atoms with E-state index in [1.807, 2.05) is 0 Å². The van der Waals surface area contributed by atoms with Crippen molar-refractivity contribution >= 4 is 35.6 Å². The first-order valence-electron chi connectivity index (χ1n) is 12.8. The number of nitrogens with two attached hydrogens (primary N) is 4. The highest BCUT2D eigenvalue weighted by molar-refractivity contribution is 5.94. The van der Waals surface area contributed by atoms with Gasteiger partial charge in [0.15, 0.2) is 5.96 Å². The number of nitrogens with one attached hydrogen (secondary N) is 2. The summed E-state index contributed by atoms with van der Waals surface area (Å²) >= 11 is 0. The molecule has 1 fully saturated rings. The van der Waals surface area contributed by atoms with Gasteiger partial charge in [-0.1, -0.05) is 30.3 Å². The van der Waals surface area contributed by atoms with Crippen LogP contribution >= 0.6 is 0 Å². The first-order chi connectivity index (χ1) is 18.5. The molecular weight excluding hydrogens is 508 g/mol. The lowest BCUT2D eigenvalue weighted by Crippen LogP contribution is -2.57. The van der Waals surface area contributed by atoms with E-state index in [-0.39, 0.29) is 44.7 Å². The molecule has 1 aliphatic rings. The van der Waals surface area contributed by atoms with Crippen molar-refractivity contribution in [3.63, 3.8) is 0 Å². The molecule has 0 saturated carbocycles. The predicted molar refractivity (Wildman–Crippen MR) is 143 cm³/mol. The van der Waals surface area contributed by atoms with Crippen LogP contribution in [0.3, 0.4) is 0 Å². The third-order valence-electron chi connectivity index (χ3n) is 6.33. The molecule has 11 N–H and O–H groups in total. The van der Waals surface area contributed by atoms with E-state index in [1.165, 1.54) is 4.90 Å². The topological polar surface area (TPSA) is 249 Å². The smallest absolute Gasteiger partial charge is 0.326 e. The molecule has 1 aromatic carbocycles. The van der Waals surface area contributed by atoms with E-state index >= 15 is 0 Å². The van der Waals surface area contributed by atoms with E-state index in [0.717, 1.165) is 5.56 Å². The van der Waals surface area contributed by atoms with Crippen molar-refractivity contribution in [2.75, 3.05) is 13.1 Å². The summed E-state index contributed by atoms with van der Waals surface area (Å²) in [4.78, 5) is 67.5. The lowest BCUT2D eigenvalue weighted by Gasteiger charge is -2.29. The number of carbonyl (C=O) groups is 5. The number of nitrogens with zero attached hydrogens (tertiary/aromatic N) is 2. The number of rotatable bonds is 15. The lowest BCUT2D eigenvalue weighted by atomic mass is 10.0. The first-order valence-corrected chi connectivity index (χ1v) is 12.8. The summed E-state index contributed by atoms with van der Waals surface area (Å²) in [5, 5.41) is 14.8. The molecule has 214 valence electrons. The Morgan fingerprint density at radius 1 is 1.00 bits per heavy atom. The van der Waals surface area contributed by atoms with Gasteiger partial charge in [-0.25, -0.2) is 4.79 Å². The Morgan fingerprint density at radius 2 is 1.67 bits per heavy atom. The fourth-order valence-electron chi connectivity index (χ4n) is 4.29. The maximum atomic E-state index is 13.5. The van der Waals surface area contributed by atoms with Gasteiger partial charge in [-0.3, -0.25) is 24.2 Å². The minimum atomic E-state index is -1.12. The Balaban J connectivity index is 2.24. The van der Waals surface area contributed by atoms with Gasteiger partial charge in [0.1, 0.15) is 18.1 Å². The average Bonchev–Trinajstić information content (AvgIpc) is 3.39. The van der Waals surface area contributed by atoms with E-state index < -0.39 is 53.8 Å². The molecule has 39 heavy (non-hydrogen) atoms. The van der Waals surface area contributed by atoms with Crippen LogP contribution in [0.1, 0.15) is 44.1 Å². The molecule has 0 aromatic heterocycles. The molecule has 0 radical (unpaired) electrons. The summed E-state index contributed by atoms with van der Waals surface area (Å²) in [6.07, 6.45) is 1.29. The fraction of sp³-hybridized carbons (Fsp3) is 0.520. The van der Waals surface area contributed by atoms with E-state index in [0.29, 0.717) is 19.3 Å². The molecule has 1 saturated heterocycles. The Bertz CT molecular complexity index is 1050. The summed E-state index contributed by atoms with van der Waals surface area (Å²) in [6.45, 7) is 0.443. The lowest BCUT2D eigenvalue weighted by molar-refractivity contribution is -0.149. The van der Waals surface area contributed by atoms with Crippen molar-refractivity contribution < 1.29 is 29.1 Å². The van der Waals surface area contributed by atoms with Gasteiger partial charge in [0.2, 0.25) is 23.6 Å². The van der Waals surface area contributed by atoms with Crippen LogP contribution in [0.15, 0.2) is 35.3 Å². The highest BCUT2D eigenvalue weighted by atomic mass is 16.4. The third kappa shape index (κ3) is 10.2. The molecule has 14 heteroatoms. The van der Waals surface area contributed by atoms with Crippen LogP contribution in [0.5, 0.6) is 0 Å². The van der Waals surface area contributed by atoms with Gasteiger partial charge in [-0.05, 0) is 37.7 Å². The maximum Gasteiger partial charge on any atom is 0.326 e. The fourth-order valence-corrected chi connectivity index (χ4v) is 4.29. The van der Waals surface area contributed by atoms with Gasteiger partial charge >= 0.3 is 5.97 Å². The quantitative estimate of drug-likeness (QED) is 0.0723. The van der Waals surface area contributed by atoms with Crippen molar-refractivity contribution in [1.29, 1.82) is 0 Å². The number of carboxylic acid groups (broad SMARTS) is 1. The number of benzene rings is 1. The minimum absolute atomic E-state index is 0.00170. The molecule has 1 aromatic rings. The molecule has 4 unspecified atom stereocenters. The van der Waals surface area contributed by atoms with E-state index in [4.69, 9.17) is 22.9 Å². The SMILES string of the molecule is NC(=O)CCC(N)C(=O)NC(Cc1ccccc1)C(=O)NC(CCCN=C(N)N)C(=O)N1CCCC1C(=O)O. The molecule has 2 rings (SSSR count). The number of hydrogen-bond donors (Lipinski definition) is 7. The molecule has 4 amide bonds. The summed E-state index contributed by atoms with van der Waals surface area (Å²) in [5.41, 5.74) is 22.5. The number of hydrogen-bond acceptors (Lipinski definition) is 7. The monoisotopic (exact) mass is 546 g/mol. The number of primary amides is 1. The summed E-state index contributed by atoms with van der Waals surface area (Å²) < 4.78 is 0. The Morgan fingerprint density at radius 3 is 2.28 bits per heavy atom. The average molecular weight is 547 g/mol. The van der Waals surface area contributed by atoms with Crippen molar-refractivity contribution in [2.45, 2.75) is 69.1 Å². The maximum absolute atomic E-state index is 13.5. The largest absolute Gasteiger partial charge is 0.480 e. The zero-order valence-electron chi connectivity index (χ0n) is 21.8. The predicted octanol–water partition coefficient (Wildman–Crippen LogP) is -2.08. The van der Waals surface area contributed by atoms with Gasteiger partial charge in [-0.2, -0.15) is 0 Å². The van der Waals surface area contributed by atoms with Gasteiger partial charge in [0.05, 0.1) is 6.04 Å². The van der Waals surface area contributed by atoms with E-state index in [1.54, 1.807) is 30.3 Å². The molecule has 0 spiro atoms. The minimum Gasteiger partial charge on any atom is -0.480 e. The van der Waals surface area contributed by atoms with Crippen molar-refractivity contribution in [1.82, 2.24) is 15.5 Å². The molecule has 0 aliphatic carbocycles. The molecule has 1 heterocycles. The Labute approximate surface area is 226 Å². The van der Waals surface area contributed by atoms with E-state index in [2.05, 4.69) is 15.6 Å². The second-order valence-corrected chi connectivity index (χ2v) is 9.40. The van der Waals surface area contributed by atoms with Crippen molar-refractivity contribution in [2.24, 2.45) is 27.9 Å². The number of aliphatic carboxylic acids is 1. The van der Waals surface area contributed by atoms with Crippen LogP contribution in [0.4, 0.5) is 0 Å². The van der Waals surface area contributed by atoms with Crippen LogP contribution in [-0.2, 0) is 30.4 Å². The summed E-state index contributed by atoms with van der Waals surface area (Å²) in [6, 6.07) is 4.65. The molecular formula is C25H38N8O6. The molecule has 4 atom stereocenters. The molecule has 0 bridgehead atoms. The zero-order valence-corrected chi connectivity index (χ0v) is 21.8. The normalized spacial score (nSPS) is 16.9. The molecule has 1 aliphatic heterocycles. The highest BCUT2D eigenvalue weighted by Crippen LogP contribution is 2.20. The number of guanidine groups is 1. The van der Waals surface area contributed by atoms with Gasteiger partial charge in [0.25, 0.3) is 0 Å². The van der Waals surface area contributed by atoms with E-state index in [9.17, 15) is 29.1 Å². The second-order valence-electron chi connectivity index (χ2n) is 9.40. The van der Waals surface area contributed by atoms with Gasteiger partial charge in [0, 0.05) is 25.9 Å². The third-order valence-corrected chi connectivity index (χ3v) is 6.33. The van der Waals surface area contributed by atoms with Crippen molar-refractivity contribution in [3.05, 3.63) is 35.9 Å². The number of likely N-dealkylation sites (tertiary alicyclic amines) is 1. The van der Waals surface area contributed by atoms with Crippen molar-refractivity contribution in [3.8, 4) is 0 Å². The van der Waals surface area contributed by atoms with Crippen LogP contribution < -0.4 is 33.6 Å². The highest BCUT2D eigenvalue weighted by Gasteiger charge is 2.38. The van der Waals surface area contributed by atoms with Gasteiger partial charge in [-0.15, -0.1) is 0 Å². The van der Waals surface area contributed by atoms with Crippen LogP contribution in [-0.4, -0.2) is 82.8 Å². The first kappa shape index (κ1) is 31.0. The second kappa shape index (κ2) is 15.3. The van der Waals surface area contributed by atoms with Crippen LogP contribution in [0, 0.1) is 0 Å². The van der Waals surface area contributed by atoms with Gasteiger partial charge < -0.3 is 43.6 Å². The molecule has 14 nitrogen and oxygen atoms in total. The van der Waals surface area contributed by atoms with Crippen LogP contribution in [0.25, 0.3) is 0 Å². The number of aliphatic imine (C=N–C) groups is 1. The number of amides is 4. The number of carboxylic acids is 1. The zero-order chi connectivity index (χ0) is 28.9. The Kier molecular flexibility index (Phi) is 12.1. The Hall–Kier alpha value is -4.20. The number of carbonyl (C=O) groups excluding carboxylic acids is 4.